The van der Waals surface area contributed by atoms with Crippen LogP contribution in [0.1, 0.15) is 39.5 Å². The van der Waals surface area contributed by atoms with Crippen molar-refractivity contribution in [3.05, 3.63) is 0 Å². The molecule has 0 bridgehead atoms. The third kappa shape index (κ3) is 11.0. The Kier molecular flexibility index (Phi) is 13.5. The molecule has 0 rings (SSSR count). The van der Waals surface area contributed by atoms with Crippen molar-refractivity contribution in [1.29, 1.82) is 0 Å². The summed E-state index contributed by atoms with van der Waals surface area (Å²) >= 11 is 4.01. The van der Waals surface area contributed by atoms with E-state index in [4.69, 9.17) is 22.3 Å². The van der Waals surface area contributed by atoms with Crippen molar-refractivity contribution in [2.24, 2.45) is 23.1 Å². The number of hydrogen-bond acceptors (Lipinski definition) is 8. The fourth-order valence-electron chi connectivity index (χ4n) is 2.56. The highest BCUT2D eigenvalue weighted by molar-refractivity contribution is 7.80. The highest BCUT2D eigenvalue weighted by Crippen LogP contribution is 2.06. The van der Waals surface area contributed by atoms with Crippen molar-refractivity contribution in [1.82, 2.24) is 16.0 Å². The van der Waals surface area contributed by atoms with Crippen molar-refractivity contribution < 1.29 is 29.1 Å². The van der Waals surface area contributed by atoms with E-state index < -0.39 is 60.2 Å². The van der Waals surface area contributed by atoms with Crippen molar-refractivity contribution in [2.75, 3.05) is 12.3 Å². The van der Waals surface area contributed by atoms with Gasteiger partial charge in [-0.3, -0.25) is 19.2 Å². The van der Waals surface area contributed by atoms with Crippen molar-refractivity contribution in [3.8, 4) is 0 Å². The maximum absolute atomic E-state index is 12.7. The number of hydrogen-bond donors (Lipinski definition) is 8. The minimum atomic E-state index is -1.54. The van der Waals surface area contributed by atoms with E-state index >= 15 is 0 Å². The normalized spacial score (nSPS) is 14.8. The molecule has 12 nitrogen and oxygen atoms in total. The van der Waals surface area contributed by atoms with Gasteiger partial charge in [-0.2, -0.15) is 12.6 Å². The van der Waals surface area contributed by atoms with Gasteiger partial charge < -0.3 is 38.3 Å². The molecule has 13 heteroatoms. The molecule has 0 saturated heterocycles. The maximum atomic E-state index is 12.7. The summed E-state index contributed by atoms with van der Waals surface area (Å²) in [6.07, 6.45) is 1.19. The zero-order valence-corrected chi connectivity index (χ0v) is 18.7. The predicted octanol–water partition coefficient (Wildman–Crippen LogP) is -2.56. The van der Waals surface area contributed by atoms with Gasteiger partial charge in [-0.1, -0.05) is 20.3 Å². The Hall–Kier alpha value is -2.38. The quantitative estimate of drug-likeness (QED) is 0.0953. The Morgan fingerprint density at radius 2 is 1.52 bits per heavy atom. The Morgan fingerprint density at radius 3 is 1.97 bits per heavy atom. The number of carbonyl (C=O) groups is 5. The summed E-state index contributed by atoms with van der Waals surface area (Å²) in [6.45, 7) is 3.89. The zero-order chi connectivity index (χ0) is 24.1. The van der Waals surface area contributed by atoms with Gasteiger partial charge >= 0.3 is 5.97 Å². The van der Waals surface area contributed by atoms with Crippen LogP contribution in [0.15, 0.2) is 0 Å². The summed E-state index contributed by atoms with van der Waals surface area (Å²) in [5, 5.41) is 16.3. The lowest BCUT2D eigenvalue weighted by Gasteiger charge is -2.26. The van der Waals surface area contributed by atoms with Gasteiger partial charge in [0.25, 0.3) is 0 Å². The van der Waals surface area contributed by atoms with E-state index in [1.54, 1.807) is 13.8 Å². The SMILES string of the molecule is CC(C)C(NC(=O)C(N)CCCCN)C(=O)NC(CS)C(=O)NC(CC(N)=O)C(=O)O. The standard InChI is InChI=1S/C18H34N6O6S/c1-9(2)14(24-15(26)10(20)5-3-4-6-19)17(28)23-12(8-31)16(27)22-11(18(29)30)7-13(21)25/h9-12,14,31H,3-8,19-20H2,1-2H3,(H2,21,25)(H,22,27)(H,23,28)(H,24,26)(H,29,30). The zero-order valence-electron chi connectivity index (χ0n) is 17.8. The summed E-state index contributed by atoms with van der Waals surface area (Å²) in [4.78, 5) is 59.5. The minimum absolute atomic E-state index is 0.155. The number of carbonyl (C=O) groups excluding carboxylic acids is 4. The van der Waals surface area contributed by atoms with Crippen LogP contribution in [0.25, 0.3) is 0 Å². The molecule has 0 heterocycles. The topological polar surface area (TPSA) is 220 Å². The lowest BCUT2D eigenvalue weighted by molar-refractivity contribution is -0.143. The van der Waals surface area contributed by atoms with Gasteiger partial charge in [0, 0.05) is 5.75 Å². The maximum Gasteiger partial charge on any atom is 0.326 e. The van der Waals surface area contributed by atoms with Gasteiger partial charge in [-0.25, -0.2) is 4.79 Å². The number of nitrogens with one attached hydrogen (secondary N) is 3. The van der Waals surface area contributed by atoms with Gasteiger partial charge in [-0.15, -0.1) is 0 Å². The van der Waals surface area contributed by atoms with Crippen LogP contribution in [-0.4, -0.2) is 71.2 Å². The van der Waals surface area contributed by atoms with Gasteiger partial charge in [-0.05, 0) is 25.3 Å². The number of carboxylic acids is 1. The molecule has 0 aliphatic rings. The van der Waals surface area contributed by atoms with E-state index in [-0.39, 0.29) is 11.7 Å². The molecular formula is C18H34N6O6S. The summed E-state index contributed by atoms with van der Waals surface area (Å²) in [5.74, 6) is -4.87. The van der Waals surface area contributed by atoms with Gasteiger partial charge in [0.05, 0.1) is 12.5 Å². The van der Waals surface area contributed by atoms with Gasteiger partial charge in [0.15, 0.2) is 0 Å². The minimum Gasteiger partial charge on any atom is -0.480 e. The van der Waals surface area contributed by atoms with Gasteiger partial charge in [0.1, 0.15) is 18.1 Å². The highest BCUT2D eigenvalue weighted by atomic mass is 32.1. The monoisotopic (exact) mass is 462 g/mol. The van der Waals surface area contributed by atoms with Crippen LogP contribution in [0.5, 0.6) is 0 Å². The molecule has 0 fully saturated rings. The number of thiol groups is 1. The number of carboxylic acid groups (broad SMARTS) is 1. The molecule has 4 amide bonds. The second kappa shape index (κ2) is 14.6. The first kappa shape index (κ1) is 28.6. The van der Waals surface area contributed by atoms with Crippen molar-refractivity contribution in [2.45, 2.75) is 63.7 Å². The molecule has 31 heavy (non-hydrogen) atoms. The first-order valence-corrected chi connectivity index (χ1v) is 10.6. The fourth-order valence-corrected chi connectivity index (χ4v) is 2.82. The average Bonchev–Trinajstić information content (AvgIpc) is 2.68. The Morgan fingerprint density at radius 1 is 0.935 bits per heavy atom. The summed E-state index contributed by atoms with van der Waals surface area (Å²) in [6, 6.07) is -4.54. The van der Waals surface area contributed by atoms with E-state index in [0.29, 0.717) is 19.4 Å². The van der Waals surface area contributed by atoms with Crippen LogP contribution >= 0.6 is 12.6 Å². The van der Waals surface area contributed by atoms with E-state index in [0.717, 1.165) is 6.42 Å². The molecule has 4 unspecified atom stereocenters. The van der Waals surface area contributed by atoms with Crippen LogP contribution in [0.2, 0.25) is 0 Å². The van der Waals surface area contributed by atoms with E-state index in [1.165, 1.54) is 0 Å². The molecule has 0 aromatic heterocycles. The highest BCUT2D eigenvalue weighted by Gasteiger charge is 2.31. The molecule has 0 aromatic carbocycles. The molecule has 4 atom stereocenters. The molecule has 0 saturated carbocycles. The van der Waals surface area contributed by atoms with E-state index in [9.17, 15) is 24.0 Å². The lowest BCUT2D eigenvalue weighted by atomic mass is 10.0. The first-order valence-electron chi connectivity index (χ1n) is 9.93. The van der Waals surface area contributed by atoms with Gasteiger partial charge in [0.2, 0.25) is 23.6 Å². The summed E-state index contributed by atoms with van der Waals surface area (Å²) in [7, 11) is 0. The average molecular weight is 463 g/mol. The van der Waals surface area contributed by atoms with Crippen LogP contribution in [0.3, 0.4) is 0 Å². The molecule has 0 aliphatic heterocycles. The Bertz CT molecular complexity index is 647. The second-order valence-corrected chi connectivity index (χ2v) is 7.80. The summed E-state index contributed by atoms with van der Waals surface area (Å²) < 4.78 is 0. The van der Waals surface area contributed by atoms with E-state index in [2.05, 4.69) is 28.6 Å². The number of amides is 4. The number of aliphatic carboxylic acids is 1. The molecular weight excluding hydrogens is 428 g/mol. The van der Waals surface area contributed by atoms with Crippen LogP contribution in [0.4, 0.5) is 0 Å². The number of primary amides is 1. The number of nitrogens with two attached hydrogens (primary N) is 3. The molecule has 0 aromatic rings. The Labute approximate surface area is 186 Å². The molecule has 0 radical (unpaired) electrons. The van der Waals surface area contributed by atoms with Crippen molar-refractivity contribution >= 4 is 42.2 Å². The third-order valence-electron chi connectivity index (χ3n) is 4.39. The third-order valence-corrected chi connectivity index (χ3v) is 4.75. The smallest absolute Gasteiger partial charge is 0.326 e. The Balaban J connectivity index is 5.09. The van der Waals surface area contributed by atoms with Crippen LogP contribution in [-0.2, 0) is 24.0 Å². The van der Waals surface area contributed by atoms with Crippen molar-refractivity contribution in [3.63, 3.8) is 0 Å². The summed E-state index contributed by atoms with van der Waals surface area (Å²) in [5.41, 5.74) is 16.3. The van der Waals surface area contributed by atoms with Crippen LogP contribution < -0.4 is 33.2 Å². The van der Waals surface area contributed by atoms with Crippen LogP contribution in [0, 0.1) is 5.92 Å². The first-order chi connectivity index (χ1) is 14.4. The second-order valence-electron chi connectivity index (χ2n) is 7.43. The molecule has 0 aliphatic carbocycles. The number of unbranched alkanes of at least 4 members (excludes halogenated alkanes) is 1. The molecule has 0 spiro atoms. The molecule has 178 valence electrons. The molecule has 10 N–H and O–H groups in total. The van der Waals surface area contributed by atoms with E-state index in [1.807, 2.05) is 0 Å². The lowest BCUT2D eigenvalue weighted by Crippen LogP contribution is -2.59. The largest absolute Gasteiger partial charge is 0.480 e. The predicted molar refractivity (Wildman–Crippen MR) is 117 cm³/mol. The fraction of sp³-hybridized carbons (Fsp3) is 0.722. The number of rotatable bonds is 15.